The molecule has 4 N–H and O–H groups in total. The molecule has 8 nitrogen and oxygen atoms in total. The molecule has 0 fully saturated rings. The highest BCUT2D eigenvalue weighted by Crippen LogP contribution is 2.35. The average Bonchev–Trinajstić information content (AvgIpc) is 3.03. The van der Waals surface area contributed by atoms with E-state index in [2.05, 4.69) is 57.6 Å². The van der Waals surface area contributed by atoms with E-state index in [0.29, 0.717) is 11.4 Å². The molecule has 0 aliphatic rings. The minimum absolute atomic E-state index is 0.124. The number of thiazole rings is 1. The maximum Gasteiger partial charge on any atom is 0.272 e. The van der Waals surface area contributed by atoms with E-state index >= 15 is 0 Å². The molecule has 0 aliphatic heterocycles. The molecule has 0 saturated heterocycles. The molecule has 0 aliphatic carbocycles. The molecule has 0 radical (unpaired) electrons. The lowest BCUT2D eigenvalue weighted by atomic mass is 10.3. The second kappa shape index (κ2) is 9.04. The Morgan fingerprint density at radius 1 is 1.04 bits per heavy atom. The first-order chi connectivity index (χ1) is 13.4. The number of nitrogens with zero attached hydrogens (tertiary/aromatic N) is 4. The summed E-state index contributed by atoms with van der Waals surface area (Å²) >= 11 is 7.62. The van der Waals surface area contributed by atoms with Gasteiger partial charge in [-0.1, -0.05) is 43.2 Å². The fourth-order valence-corrected chi connectivity index (χ4v) is 3.24. The zero-order valence-corrected chi connectivity index (χ0v) is 18.0. The second-order valence-electron chi connectivity index (χ2n) is 5.27. The summed E-state index contributed by atoms with van der Waals surface area (Å²) in [4.78, 5) is 15.7. The number of azo groups is 1. The van der Waals surface area contributed by atoms with Crippen molar-refractivity contribution in [1.82, 2.24) is 4.98 Å². The summed E-state index contributed by atoms with van der Waals surface area (Å²) in [6.45, 7) is 0. The number of aromatic hydroxyl groups is 1. The third kappa shape index (κ3) is 5.21. The van der Waals surface area contributed by atoms with Gasteiger partial charge in [-0.15, -0.1) is 10.2 Å². The molecule has 142 valence electrons. The molecule has 0 atom stereocenters. The third-order valence-corrected chi connectivity index (χ3v) is 5.24. The zero-order chi connectivity index (χ0) is 20.1. The lowest BCUT2D eigenvalue weighted by Crippen LogP contribution is -2.25. The molecule has 3 aromatic rings. The molecule has 2 aromatic carbocycles. The minimum Gasteiger partial charge on any atom is -0.491 e. The average molecular weight is 524 g/mol. The van der Waals surface area contributed by atoms with E-state index in [1.165, 1.54) is 0 Å². The number of hydrazone groups is 1. The van der Waals surface area contributed by atoms with Gasteiger partial charge >= 0.3 is 0 Å². The standard InChI is InChI=1S/C17H12Br2N6O2S/c18-9-1-5-11(6-2-9)22-24-13(14(20)26)16-21-15(27)17(28-16)25-23-12-7-3-10(19)4-8-12/h1-8,22,27H,(H2,20,26)/b24-13-,25-23?. The highest BCUT2D eigenvalue weighted by atomic mass is 79.9. The van der Waals surface area contributed by atoms with Gasteiger partial charge in [0.2, 0.25) is 5.00 Å². The van der Waals surface area contributed by atoms with Crippen LogP contribution in [0.25, 0.3) is 0 Å². The minimum atomic E-state index is -0.797. The molecular formula is C17H12Br2N6O2S. The molecule has 28 heavy (non-hydrogen) atoms. The van der Waals surface area contributed by atoms with Gasteiger partial charge in [0.05, 0.1) is 11.4 Å². The van der Waals surface area contributed by atoms with Gasteiger partial charge in [-0.05, 0) is 48.5 Å². The van der Waals surface area contributed by atoms with Crippen molar-refractivity contribution in [2.75, 3.05) is 5.43 Å². The molecule has 0 saturated carbocycles. The maximum absolute atomic E-state index is 11.8. The molecule has 0 unspecified atom stereocenters. The van der Waals surface area contributed by atoms with Crippen LogP contribution < -0.4 is 11.2 Å². The van der Waals surface area contributed by atoms with Crippen molar-refractivity contribution in [3.8, 4) is 5.88 Å². The number of nitrogens with two attached hydrogens (primary N) is 1. The van der Waals surface area contributed by atoms with Gasteiger partial charge in [0.25, 0.3) is 11.8 Å². The summed E-state index contributed by atoms with van der Waals surface area (Å²) in [6, 6.07) is 14.3. The smallest absolute Gasteiger partial charge is 0.272 e. The van der Waals surface area contributed by atoms with Gasteiger partial charge < -0.3 is 10.8 Å². The lowest BCUT2D eigenvalue weighted by Gasteiger charge is -2.02. The van der Waals surface area contributed by atoms with Crippen LogP contribution in [0.5, 0.6) is 5.88 Å². The van der Waals surface area contributed by atoms with Crippen LogP contribution in [0.3, 0.4) is 0 Å². The van der Waals surface area contributed by atoms with Gasteiger partial charge in [0.15, 0.2) is 10.7 Å². The number of halogens is 2. The number of amides is 1. The van der Waals surface area contributed by atoms with E-state index < -0.39 is 5.91 Å². The van der Waals surface area contributed by atoms with Crippen molar-refractivity contribution in [2.24, 2.45) is 21.1 Å². The normalized spacial score (nSPS) is 11.7. The largest absolute Gasteiger partial charge is 0.491 e. The van der Waals surface area contributed by atoms with Crippen molar-refractivity contribution in [3.05, 3.63) is 62.5 Å². The summed E-state index contributed by atoms with van der Waals surface area (Å²) in [5.74, 6) is -1.16. The predicted molar refractivity (Wildman–Crippen MR) is 116 cm³/mol. The van der Waals surface area contributed by atoms with E-state index in [0.717, 1.165) is 20.3 Å². The lowest BCUT2D eigenvalue weighted by molar-refractivity contribution is -0.111. The van der Waals surface area contributed by atoms with Gasteiger partial charge in [-0.25, -0.2) is 0 Å². The highest BCUT2D eigenvalue weighted by molar-refractivity contribution is 9.10. The number of benzene rings is 2. The van der Waals surface area contributed by atoms with E-state index in [4.69, 9.17) is 5.73 Å². The first-order valence-electron chi connectivity index (χ1n) is 7.69. The van der Waals surface area contributed by atoms with E-state index in [1.54, 1.807) is 24.3 Å². The van der Waals surface area contributed by atoms with Gasteiger partial charge in [0, 0.05) is 8.95 Å². The van der Waals surface area contributed by atoms with Crippen molar-refractivity contribution >= 4 is 71.2 Å². The van der Waals surface area contributed by atoms with Crippen LogP contribution in [0.15, 0.2) is 72.8 Å². The number of nitrogens with one attached hydrogen (secondary N) is 1. The number of rotatable bonds is 6. The Kier molecular flexibility index (Phi) is 6.49. The Hall–Kier alpha value is -2.63. The van der Waals surface area contributed by atoms with Crippen molar-refractivity contribution in [2.45, 2.75) is 0 Å². The Balaban J connectivity index is 1.83. The SMILES string of the molecule is NC(=O)/C(=N/Nc1ccc(Br)cc1)c1nc(O)c(N=Nc2ccc(Br)cc2)s1. The molecule has 3 rings (SSSR count). The van der Waals surface area contributed by atoms with Crippen molar-refractivity contribution < 1.29 is 9.90 Å². The number of hydrogen-bond donors (Lipinski definition) is 3. The van der Waals surface area contributed by atoms with Crippen LogP contribution in [0, 0.1) is 0 Å². The van der Waals surface area contributed by atoms with Crippen LogP contribution in [0.1, 0.15) is 5.01 Å². The van der Waals surface area contributed by atoms with Crippen LogP contribution in [-0.2, 0) is 4.79 Å². The fourth-order valence-electron chi connectivity index (χ4n) is 1.93. The van der Waals surface area contributed by atoms with Crippen molar-refractivity contribution in [3.63, 3.8) is 0 Å². The number of primary amides is 1. The van der Waals surface area contributed by atoms with Crippen LogP contribution in [0.4, 0.5) is 16.4 Å². The van der Waals surface area contributed by atoms with E-state index in [1.807, 2.05) is 24.3 Å². The van der Waals surface area contributed by atoms with E-state index in [-0.39, 0.29) is 21.6 Å². The number of hydrogen-bond acceptors (Lipinski definition) is 8. The molecule has 0 bridgehead atoms. The van der Waals surface area contributed by atoms with Crippen LogP contribution in [0.2, 0.25) is 0 Å². The van der Waals surface area contributed by atoms with E-state index in [9.17, 15) is 9.90 Å². The van der Waals surface area contributed by atoms with Gasteiger partial charge in [-0.2, -0.15) is 10.1 Å². The highest BCUT2D eigenvalue weighted by Gasteiger charge is 2.19. The first kappa shape index (κ1) is 20.1. The van der Waals surface area contributed by atoms with Gasteiger partial charge in [-0.3, -0.25) is 10.2 Å². The fraction of sp³-hybridized carbons (Fsp3) is 0. The summed E-state index contributed by atoms with van der Waals surface area (Å²) in [5.41, 5.74) is 9.26. The second-order valence-corrected chi connectivity index (χ2v) is 8.08. The van der Waals surface area contributed by atoms with Crippen LogP contribution in [-0.4, -0.2) is 21.7 Å². The molecule has 0 spiro atoms. The van der Waals surface area contributed by atoms with Crippen molar-refractivity contribution in [1.29, 1.82) is 0 Å². The molecular weight excluding hydrogens is 512 g/mol. The maximum atomic E-state index is 11.8. The summed E-state index contributed by atoms with van der Waals surface area (Å²) < 4.78 is 1.82. The number of aromatic nitrogens is 1. The monoisotopic (exact) mass is 522 g/mol. The summed E-state index contributed by atoms with van der Waals surface area (Å²) in [7, 11) is 0. The molecule has 1 heterocycles. The number of carbonyl (C=O) groups is 1. The quantitative estimate of drug-likeness (QED) is 0.236. The Bertz CT molecular complexity index is 1050. The molecule has 1 aromatic heterocycles. The zero-order valence-electron chi connectivity index (χ0n) is 14.0. The summed E-state index contributed by atoms with van der Waals surface area (Å²) in [6.07, 6.45) is 0. The molecule has 1 amide bonds. The first-order valence-corrected chi connectivity index (χ1v) is 10.1. The predicted octanol–water partition coefficient (Wildman–Crippen LogP) is 5.09. The Labute approximate surface area is 180 Å². The summed E-state index contributed by atoms with van der Waals surface area (Å²) in [5, 5.41) is 22.3. The topological polar surface area (TPSA) is 125 Å². The molecule has 11 heteroatoms. The number of anilines is 1. The Morgan fingerprint density at radius 2 is 1.64 bits per heavy atom. The van der Waals surface area contributed by atoms with Gasteiger partial charge in [0.1, 0.15) is 0 Å². The van der Waals surface area contributed by atoms with Crippen LogP contribution >= 0.6 is 43.2 Å². The number of carbonyl (C=O) groups excluding carboxylic acids is 1. The Morgan fingerprint density at radius 3 is 2.25 bits per heavy atom. The third-order valence-electron chi connectivity index (χ3n) is 3.25.